The van der Waals surface area contributed by atoms with Gasteiger partial charge in [-0.3, -0.25) is 4.99 Å². The molecule has 0 atom stereocenters. The maximum Gasteiger partial charge on any atom is 0.0654 e. The molecule has 1 aliphatic heterocycles. The highest BCUT2D eigenvalue weighted by molar-refractivity contribution is 6.12. The Hall–Kier alpha value is -6.91. The van der Waals surface area contributed by atoms with Crippen molar-refractivity contribution in [2.75, 3.05) is 6.54 Å². The van der Waals surface area contributed by atoms with Crippen molar-refractivity contribution in [1.82, 2.24) is 9.13 Å². The third-order valence-electron chi connectivity index (χ3n) is 10.4. The Labute approximate surface area is 301 Å². The first kappa shape index (κ1) is 30.0. The van der Waals surface area contributed by atoms with Crippen LogP contribution in [0.5, 0.6) is 0 Å². The molecule has 10 rings (SSSR count). The van der Waals surface area contributed by atoms with Crippen LogP contribution in [0.4, 0.5) is 0 Å². The smallest absolute Gasteiger partial charge is 0.0654 e. The molecule has 2 N–H and O–H groups in total. The van der Waals surface area contributed by atoms with Crippen molar-refractivity contribution in [2.45, 2.75) is 0 Å². The van der Waals surface area contributed by atoms with E-state index >= 15 is 0 Å². The number of fused-ring (bicyclic) bond motifs is 6. The van der Waals surface area contributed by atoms with Gasteiger partial charge in [-0.1, -0.05) is 121 Å². The molecule has 0 unspecified atom stereocenters. The van der Waals surface area contributed by atoms with Crippen molar-refractivity contribution in [2.24, 2.45) is 10.7 Å². The minimum absolute atomic E-state index is 0.652. The second kappa shape index (κ2) is 12.1. The zero-order valence-electron chi connectivity index (χ0n) is 28.4. The average molecular weight is 667 g/mol. The number of rotatable bonds is 5. The van der Waals surface area contributed by atoms with Crippen LogP contribution < -0.4 is 16.2 Å². The van der Waals surface area contributed by atoms with Gasteiger partial charge in [0, 0.05) is 39.1 Å². The van der Waals surface area contributed by atoms with Crippen LogP contribution in [0.2, 0.25) is 0 Å². The van der Waals surface area contributed by atoms with E-state index in [1.54, 1.807) is 6.20 Å². The molecular formula is C48H34N4. The standard InChI is InChI=1S/C48H34N4/c49-30-36-12-2-1-11-35(36)25-32-26-44(50-31-32)34-23-21-33(22-24-34)37-27-38(51-45-17-7-3-13-40(45)41-14-4-8-18-46(41)51)29-39(28-37)52-47-19-9-5-15-42(47)43-16-6-10-20-48(43)52/h1-30H,31,49H2/b35-25-,36-30-. The Morgan fingerprint density at radius 1 is 0.462 bits per heavy atom. The van der Waals surface area contributed by atoms with E-state index in [0.717, 1.165) is 44.2 Å². The molecule has 9 aromatic rings. The van der Waals surface area contributed by atoms with Gasteiger partial charge in [-0.2, -0.15) is 0 Å². The lowest BCUT2D eigenvalue weighted by molar-refractivity contribution is 1.13. The van der Waals surface area contributed by atoms with E-state index in [1.165, 1.54) is 49.2 Å². The Balaban J connectivity index is 1.14. The van der Waals surface area contributed by atoms with Gasteiger partial charge in [0.1, 0.15) is 0 Å². The largest absolute Gasteiger partial charge is 0.404 e. The van der Waals surface area contributed by atoms with Gasteiger partial charge >= 0.3 is 0 Å². The fourth-order valence-electron chi connectivity index (χ4n) is 7.95. The van der Waals surface area contributed by atoms with Crippen LogP contribution >= 0.6 is 0 Å². The Morgan fingerprint density at radius 2 is 0.904 bits per heavy atom. The first-order chi connectivity index (χ1) is 25.7. The van der Waals surface area contributed by atoms with Crippen LogP contribution in [0.1, 0.15) is 5.56 Å². The van der Waals surface area contributed by atoms with E-state index in [-0.39, 0.29) is 0 Å². The summed E-state index contributed by atoms with van der Waals surface area (Å²) in [6.07, 6.45) is 6.02. The lowest BCUT2D eigenvalue weighted by atomic mass is 10.0. The van der Waals surface area contributed by atoms with Crippen molar-refractivity contribution in [3.05, 3.63) is 191 Å². The number of para-hydroxylation sites is 4. The maximum atomic E-state index is 5.88. The number of aliphatic imine (C=N–C) groups is 1. The second-order valence-electron chi connectivity index (χ2n) is 13.4. The third kappa shape index (κ3) is 4.88. The van der Waals surface area contributed by atoms with Crippen molar-refractivity contribution < 1.29 is 0 Å². The molecular weight excluding hydrogens is 633 g/mol. The number of benzene rings is 7. The monoisotopic (exact) mass is 666 g/mol. The number of allylic oxidation sites excluding steroid dienone is 1. The SMILES string of the molecule is N/C=c1/cccc/c1=C/C1=CC(c2ccc(-c3cc(-n4c5ccccc5c5ccccc54)cc(-n4c5ccccc5c5ccccc54)c3)cc2)=NC1. The molecule has 0 fully saturated rings. The summed E-state index contributed by atoms with van der Waals surface area (Å²) < 4.78 is 4.83. The number of aromatic nitrogens is 2. The Bertz CT molecular complexity index is 2810. The number of hydrogen-bond acceptors (Lipinski definition) is 2. The van der Waals surface area contributed by atoms with Gasteiger partial charge in [0.2, 0.25) is 0 Å². The summed E-state index contributed by atoms with van der Waals surface area (Å²) in [4.78, 5) is 4.90. The number of hydrogen-bond donors (Lipinski definition) is 1. The maximum absolute atomic E-state index is 5.88. The summed E-state index contributed by atoms with van der Waals surface area (Å²) in [5.74, 6) is 0. The van der Waals surface area contributed by atoms with Gasteiger partial charge in [-0.05, 0) is 87.3 Å². The lowest BCUT2D eigenvalue weighted by Gasteiger charge is -2.16. The van der Waals surface area contributed by atoms with E-state index in [0.29, 0.717) is 6.54 Å². The summed E-state index contributed by atoms with van der Waals surface area (Å²) in [7, 11) is 0. The second-order valence-corrected chi connectivity index (χ2v) is 13.4. The molecule has 0 spiro atoms. The first-order valence-electron chi connectivity index (χ1n) is 17.7. The van der Waals surface area contributed by atoms with Crippen molar-refractivity contribution in [1.29, 1.82) is 0 Å². The number of nitrogens with two attached hydrogens (primary N) is 1. The summed E-state index contributed by atoms with van der Waals surface area (Å²) >= 11 is 0. The van der Waals surface area contributed by atoms with Crippen LogP contribution in [-0.4, -0.2) is 21.4 Å². The highest BCUT2D eigenvalue weighted by Crippen LogP contribution is 2.37. The summed E-state index contributed by atoms with van der Waals surface area (Å²) in [6, 6.07) is 58.9. The molecule has 0 saturated carbocycles. The molecule has 246 valence electrons. The quantitative estimate of drug-likeness (QED) is 0.196. The van der Waals surface area contributed by atoms with E-state index in [2.05, 4.69) is 167 Å². The van der Waals surface area contributed by atoms with Gasteiger partial charge < -0.3 is 14.9 Å². The molecule has 0 aliphatic carbocycles. The lowest BCUT2D eigenvalue weighted by Crippen LogP contribution is -2.25. The van der Waals surface area contributed by atoms with Crippen molar-refractivity contribution >= 4 is 61.6 Å². The van der Waals surface area contributed by atoms with Gasteiger partial charge in [-0.15, -0.1) is 0 Å². The molecule has 1 aliphatic rings. The van der Waals surface area contributed by atoms with E-state index in [9.17, 15) is 0 Å². The highest BCUT2D eigenvalue weighted by Gasteiger charge is 2.17. The van der Waals surface area contributed by atoms with Gasteiger partial charge in [0.05, 0.1) is 34.3 Å². The molecule has 0 bridgehead atoms. The molecule has 0 radical (unpaired) electrons. The zero-order chi connectivity index (χ0) is 34.6. The van der Waals surface area contributed by atoms with Gasteiger partial charge in [0.15, 0.2) is 0 Å². The fraction of sp³-hybridized carbons (Fsp3) is 0.0208. The van der Waals surface area contributed by atoms with E-state index in [1.807, 2.05) is 18.2 Å². The van der Waals surface area contributed by atoms with E-state index in [4.69, 9.17) is 10.7 Å². The molecule has 52 heavy (non-hydrogen) atoms. The molecule has 7 aromatic carbocycles. The van der Waals surface area contributed by atoms with Crippen LogP contribution in [0.3, 0.4) is 0 Å². The third-order valence-corrected chi connectivity index (χ3v) is 10.4. The summed E-state index contributed by atoms with van der Waals surface area (Å²) in [5.41, 5.74) is 18.4. The summed E-state index contributed by atoms with van der Waals surface area (Å²) in [6.45, 7) is 0.652. The molecule has 2 aromatic heterocycles. The fourth-order valence-corrected chi connectivity index (χ4v) is 7.95. The van der Waals surface area contributed by atoms with E-state index < -0.39 is 0 Å². The predicted molar refractivity (Wildman–Crippen MR) is 219 cm³/mol. The molecule has 0 amide bonds. The van der Waals surface area contributed by atoms with Gasteiger partial charge in [0.25, 0.3) is 0 Å². The summed E-state index contributed by atoms with van der Waals surface area (Å²) in [5, 5.41) is 7.11. The topological polar surface area (TPSA) is 48.2 Å². The molecule has 3 heterocycles. The minimum Gasteiger partial charge on any atom is -0.404 e. The van der Waals surface area contributed by atoms with Gasteiger partial charge in [-0.25, -0.2) is 0 Å². The molecule has 4 nitrogen and oxygen atoms in total. The Kier molecular flexibility index (Phi) is 7.00. The normalized spacial score (nSPS) is 13.8. The van der Waals surface area contributed by atoms with Crippen LogP contribution in [0, 0.1) is 0 Å². The van der Waals surface area contributed by atoms with Crippen LogP contribution in [0.15, 0.2) is 180 Å². The van der Waals surface area contributed by atoms with Crippen LogP contribution in [-0.2, 0) is 0 Å². The first-order valence-corrected chi connectivity index (χ1v) is 17.7. The minimum atomic E-state index is 0.652. The predicted octanol–water partition coefficient (Wildman–Crippen LogP) is 9.45. The molecule has 4 heteroatoms. The average Bonchev–Trinajstić information content (AvgIpc) is 3.91. The molecule has 0 saturated heterocycles. The zero-order valence-corrected chi connectivity index (χ0v) is 28.4. The highest BCUT2D eigenvalue weighted by atomic mass is 15.0. The Morgan fingerprint density at radius 3 is 1.40 bits per heavy atom. The van der Waals surface area contributed by atoms with Crippen LogP contribution in [0.25, 0.3) is 78.4 Å². The van der Waals surface area contributed by atoms with Crippen molar-refractivity contribution in [3.8, 4) is 22.5 Å². The number of nitrogens with zero attached hydrogens (tertiary/aromatic N) is 3. The van der Waals surface area contributed by atoms with Crippen molar-refractivity contribution in [3.63, 3.8) is 0 Å².